The van der Waals surface area contributed by atoms with Gasteiger partial charge in [0, 0.05) is 0 Å². The fourth-order valence-corrected chi connectivity index (χ4v) is 2.07. The Labute approximate surface area is 78.1 Å². The Morgan fingerprint density at radius 3 is 2.00 bits per heavy atom. The van der Waals surface area contributed by atoms with Crippen molar-refractivity contribution in [3.8, 4) is 0 Å². The van der Waals surface area contributed by atoms with E-state index in [1.165, 1.54) is 19.3 Å². The maximum atomic E-state index is 3.88. The summed E-state index contributed by atoms with van der Waals surface area (Å²) in [7, 11) is 0. The molecule has 0 atom stereocenters. The minimum atomic E-state index is 0.290. The Bertz CT molecular complexity index is 140. The molecule has 0 fully saturated rings. The van der Waals surface area contributed by atoms with Crippen molar-refractivity contribution in [3.05, 3.63) is 12.7 Å². The minimum Gasteiger partial charge on any atom is -0.103 e. The first kappa shape index (κ1) is 11.7. The molecule has 0 aromatic rings. The molecule has 0 spiro atoms. The maximum Gasteiger partial charge on any atom is -0.0172 e. The molecular formula is C12H24. The molecule has 0 radical (unpaired) electrons. The monoisotopic (exact) mass is 168 g/mol. The lowest BCUT2D eigenvalue weighted by Crippen LogP contribution is -2.21. The van der Waals surface area contributed by atoms with Gasteiger partial charge >= 0.3 is 0 Å². The first-order valence-corrected chi connectivity index (χ1v) is 4.96. The smallest absolute Gasteiger partial charge is 0.0172 e. The van der Waals surface area contributed by atoms with Gasteiger partial charge < -0.3 is 0 Å². The first-order chi connectivity index (χ1) is 5.33. The summed E-state index contributed by atoms with van der Waals surface area (Å²) in [6.07, 6.45) is 5.90. The SMILES string of the molecule is C=CC(C)(C)CC(C)(C)CCC. The van der Waals surface area contributed by atoms with Crippen LogP contribution in [-0.4, -0.2) is 0 Å². The van der Waals surface area contributed by atoms with Crippen molar-refractivity contribution >= 4 is 0 Å². The minimum absolute atomic E-state index is 0.290. The molecule has 0 bridgehead atoms. The number of allylic oxidation sites excluding steroid dienone is 1. The maximum absolute atomic E-state index is 3.88. The van der Waals surface area contributed by atoms with Crippen LogP contribution in [0.15, 0.2) is 12.7 Å². The average molecular weight is 168 g/mol. The van der Waals surface area contributed by atoms with Gasteiger partial charge in [0.15, 0.2) is 0 Å². The molecule has 0 N–H and O–H groups in total. The van der Waals surface area contributed by atoms with E-state index >= 15 is 0 Å². The summed E-state index contributed by atoms with van der Waals surface area (Å²) < 4.78 is 0. The molecule has 0 heterocycles. The predicted molar refractivity (Wildman–Crippen MR) is 57.3 cm³/mol. The van der Waals surface area contributed by atoms with Gasteiger partial charge in [-0.25, -0.2) is 0 Å². The summed E-state index contributed by atoms with van der Waals surface area (Å²) >= 11 is 0. The molecule has 0 saturated carbocycles. The Morgan fingerprint density at radius 1 is 1.17 bits per heavy atom. The van der Waals surface area contributed by atoms with Crippen LogP contribution in [0, 0.1) is 10.8 Å². The van der Waals surface area contributed by atoms with Gasteiger partial charge in [0.25, 0.3) is 0 Å². The van der Waals surface area contributed by atoms with Gasteiger partial charge in [-0.1, -0.05) is 47.1 Å². The fourth-order valence-electron chi connectivity index (χ4n) is 2.07. The largest absolute Gasteiger partial charge is 0.103 e. The van der Waals surface area contributed by atoms with E-state index in [0.717, 1.165) is 0 Å². The van der Waals surface area contributed by atoms with Gasteiger partial charge in [-0.05, 0) is 23.7 Å². The number of hydrogen-bond donors (Lipinski definition) is 0. The Balaban J connectivity index is 4.12. The standard InChI is InChI=1S/C12H24/c1-7-9-12(5,6)10-11(3,4)8-2/h8H,2,7,9-10H2,1,3-6H3. The van der Waals surface area contributed by atoms with Crippen LogP contribution in [0.1, 0.15) is 53.9 Å². The van der Waals surface area contributed by atoms with Gasteiger partial charge in [0.05, 0.1) is 0 Å². The zero-order valence-corrected chi connectivity index (χ0v) is 9.41. The fraction of sp³-hybridized carbons (Fsp3) is 0.833. The van der Waals surface area contributed by atoms with Gasteiger partial charge in [-0.3, -0.25) is 0 Å². The normalized spacial score (nSPS) is 13.1. The van der Waals surface area contributed by atoms with Crippen LogP contribution < -0.4 is 0 Å². The summed E-state index contributed by atoms with van der Waals surface area (Å²) in [6.45, 7) is 15.3. The number of hydrogen-bond acceptors (Lipinski definition) is 0. The predicted octanol–water partition coefficient (Wildman–Crippen LogP) is 4.42. The van der Waals surface area contributed by atoms with Gasteiger partial charge in [-0.15, -0.1) is 6.58 Å². The van der Waals surface area contributed by atoms with Gasteiger partial charge in [0.1, 0.15) is 0 Å². The third kappa shape index (κ3) is 4.58. The molecule has 0 rings (SSSR count). The average Bonchev–Trinajstić information content (AvgIpc) is 1.85. The lowest BCUT2D eigenvalue weighted by Gasteiger charge is -2.32. The van der Waals surface area contributed by atoms with Crippen LogP contribution in [0.2, 0.25) is 0 Å². The lowest BCUT2D eigenvalue weighted by molar-refractivity contribution is 0.220. The lowest BCUT2D eigenvalue weighted by atomic mass is 9.73. The molecule has 0 aliphatic carbocycles. The van der Waals surface area contributed by atoms with Crippen molar-refractivity contribution in [2.45, 2.75) is 53.9 Å². The van der Waals surface area contributed by atoms with Gasteiger partial charge in [-0.2, -0.15) is 0 Å². The van der Waals surface area contributed by atoms with Crippen LogP contribution in [-0.2, 0) is 0 Å². The van der Waals surface area contributed by atoms with E-state index in [1.807, 2.05) is 0 Å². The van der Waals surface area contributed by atoms with E-state index in [9.17, 15) is 0 Å². The summed E-state index contributed by atoms with van der Waals surface area (Å²) in [5, 5.41) is 0. The van der Waals surface area contributed by atoms with Crippen molar-refractivity contribution in [2.24, 2.45) is 10.8 Å². The van der Waals surface area contributed by atoms with E-state index in [4.69, 9.17) is 0 Å². The molecular weight excluding hydrogens is 144 g/mol. The van der Waals surface area contributed by atoms with Crippen molar-refractivity contribution in [2.75, 3.05) is 0 Å². The van der Waals surface area contributed by atoms with E-state index in [1.54, 1.807) is 0 Å². The highest BCUT2D eigenvalue weighted by molar-refractivity contribution is 4.91. The molecule has 0 aliphatic heterocycles. The molecule has 0 saturated heterocycles. The first-order valence-electron chi connectivity index (χ1n) is 4.96. The number of rotatable bonds is 5. The quantitative estimate of drug-likeness (QED) is 0.533. The van der Waals surface area contributed by atoms with Crippen LogP contribution in [0.3, 0.4) is 0 Å². The van der Waals surface area contributed by atoms with Crippen LogP contribution in [0.4, 0.5) is 0 Å². The van der Waals surface area contributed by atoms with E-state index in [2.05, 4.69) is 47.3 Å². The molecule has 0 aliphatic rings. The summed E-state index contributed by atoms with van der Waals surface area (Å²) in [6, 6.07) is 0. The van der Waals surface area contributed by atoms with E-state index in [0.29, 0.717) is 10.8 Å². The van der Waals surface area contributed by atoms with Crippen molar-refractivity contribution in [1.29, 1.82) is 0 Å². The highest BCUT2D eigenvalue weighted by Gasteiger charge is 2.25. The van der Waals surface area contributed by atoms with Crippen LogP contribution >= 0.6 is 0 Å². The second-order valence-electron chi connectivity index (χ2n) is 5.28. The van der Waals surface area contributed by atoms with Crippen molar-refractivity contribution in [3.63, 3.8) is 0 Å². The second kappa shape index (κ2) is 4.11. The molecule has 0 aromatic heterocycles. The second-order valence-corrected chi connectivity index (χ2v) is 5.28. The Kier molecular flexibility index (Phi) is 4.02. The van der Waals surface area contributed by atoms with Crippen LogP contribution in [0.25, 0.3) is 0 Å². The Morgan fingerprint density at radius 2 is 1.67 bits per heavy atom. The topological polar surface area (TPSA) is 0 Å². The molecule has 0 heteroatoms. The van der Waals surface area contributed by atoms with Crippen LogP contribution in [0.5, 0.6) is 0 Å². The molecule has 0 unspecified atom stereocenters. The highest BCUT2D eigenvalue weighted by Crippen LogP contribution is 2.37. The summed E-state index contributed by atoms with van der Waals surface area (Å²) in [5.41, 5.74) is 0.755. The molecule has 12 heavy (non-hydrogen) atoms. The zero-order chi connectivity index (χ0) is 9.83. The van der Waals surface area contributed by atoms with Crippen molar-refractivity contribution in [1.82, 2.24) is 0 Å². The third-order valence-corrected chi connectivity index (χ3v) is 2.41. The molecule has 72 valence electrons. The van der Waals surface area contributed by atoms with Crippen molar-refractivity contribution < 1.29 is 0 Å². The molecule has 0 nitrogen and oxygen atoms in total. The summed E-state index contributed by atoms with van der Waals surface area (Å²) in [4.78, 5) is 0. The molecule has 0 amide bonds. The van der Waals surface area contributed by atoms with E-state index in [-0.39, 0.29) is 0 Å². The molecule has 0 aromatic carbocycles. The van der Waals surface area contributed by atoms with E-state index < -0.39 is 0 Å². The summed E-state index contributed by atoms with van der Waals surface area (Å²) in [5.74, 6) is 0. The third-order valence-electron chi connectivity index (χ3n) is 2.41. The zero-order valence-electron chi connectivity index (χ0n) is 9.41. The highest BCUT2D eigenvalue weighted by atomic mass is 14.3. The van der Waals surface area contributed by atoms with Gasteiger partial charge in [0.2, 0.25) is 0 Å². The Hall–Kier alpha value is -0.260.